The van der Waals surface area contributed by atoms with Gasteiger partial charge in [0, 0.05) is 23.8 Å². The smallest absolute Gasteiger partial charge is 0.226 e. The molecule has 0 radical (unpaired) electrons. The molecule has 3 aromatic rings. The number of anilines is 1. The molecule has 2 aromatic heterocycles. The molecule has 0 spiro atoms. The lowest BCUT2D eigenvalue weighted by atomic mass is 10.0. The average Bonchev–Trinajstić information content (AvgIpc) is 3.22. The molecule has 1 saturated heterocycles. The number of amides is 1. The molecule has 6 rings (SSSR count). The fourth-order valence-corrected chi connectivity index (χ4v) is 6.53. The van der Waals surface area contributed by atoms with Crippen molar-refractivity contribution in [3.63, 3.8) is 0 Å². The van der Waals surface area contributed by atoms with Gasteiger partial charge in [-0.2, -0.15) is 0 Å². The van der Waals surface area contributed by atoms with Crippen LogP contribution < -0.4 is 10.6 Å². The molecule has 6 atom stereocenters. The van der Waals surface area contributed by atoms with Crippen LogP contribution in [0.15, 0.2) is 35.5 Å². The predicted octanol–water partition coefficient (Wildman–Crippen LogP) is 4.30. The summed E-state index contributed by atoms with van der Waals surface area (Å²) in [5.74, 6) is 0.906. The van der Waals surface area contributed by atoms with Gasteiger partial charge in [-0.1, -0.05) is 54.2 Å². The fraction of sp³-hybridized carbons (Fsp3) is 0.607. The third kappa shape index (κ3) is 5.24. The second kappa shape index (κ2) is 10.3. The number of benzene rings is 1. The van der Waals surface area contributed by atoms with Gasteiger partial charge >= 0.3 is 0 Å². The summed E-state index contributed by atoms with van der Waals surface area (Å²) in [7, 11) is 0. The van der Waals surface area contributed by atoms with E-state index in [1.165, 1.54) is 5.56 Å². The second-order valence-electron chi connectivity index (χ2n) is 11.6. The maximum atomic E-state index is 13.2. The Bertz CT molecular complexity index is 1350. The Balaban J connectivity index is 1.33. The first-order valence-electron chi connectivity index (χ1n) is 14.0. The van der Waals surface area contributed by atoms with E-state index >= 15 is 0 Å². The molecule has 208 valence electrons. The Kier molecular flexibility index (Phi) is 7.01. The van der Waals surface area contributed by atoms with E-state index < -0.39 is 5.79 Å². The van der Waals surface area contributed by atoms with Crippen LogP contribution in [0.5, 0.6) is 0 Å². The van der Waals surface area contributed by atoms with E-state index in [-0.39, 0.29) is 42.2 Å². The lowest BCUT2D eigenvalue weighted by molar-refractivity contribution is -0.163. The fourth-order valence-electron chi connectivity index (χ4n) is 5.83. The van der Waals surface area contributed by atoms with Gasteiger partial charge in [-0.15, -0.1) is 5.10 Å². The molecule has 2 saturated carbocycles. The first-order chi connectivity index (χ1) is 18.7. The number of fused-ring (bicyclic) bond motifs is 2. The number of carbonyl (C=O) groups excluding carboxylic acids is 1. The van der Waals surface area contributed by atoms with Crippen LogP contribution in [0.3, 0.4) is 0 Å². The number of hydrogen-bond donors (Lipinski definition) is 2. The van der Waals surface area contributed by atoms with Crippen molar-refractivity contribution < 1.29 is 14.3 Å². The van der Waals surface area contributed by atoms with E-state index in [9.17, 15) is 4.79 Å². The maximum absolute atomic E-state index is 13.2. The van der Waals surface area contributed by atoms with Gasteiger partial charge in [-0.3, -0.25) is 4.79 Å². The van der Waals surface area contributed by atoms with Gasteiger partial charge in [-0.05, 0) is 52.5 Å². The molecule has 6 unspecified atom stereocenters. The van der Waals surface area contributed by atoms with E-state index in [2.05, 4.69) is 52.1 Å². The van der Waals surface area contributed by atoms with Crippen molar-refractivity contribution in [2.45, 2.75) is 101 Å². The normalized spacial score (nSPS) is 29.1. The molecule has 11 heteroatoms. The van der Waals surface area contributed by atoms with Gasteiger partial charge in [-0.25, -0.2) is 14.6 Å². The topological polar surface area (TPSA) is 116 Å². The molecule has 1 aromatic carbocycles. The Morgan fingerprint density at radius 3 is 2.67 bits per heavy atom. The molecule has 3 heterocycles. The SMILES string of the molecule is CCCSc1nc(NC2CC2c2ccccc2)c2nnn(C3CC(C(=O)NC(C)C)C4OC(C)(C)OC43)c2n1. The molecule has 10 nitrogen and oxygen atoms in total. The van der Waals surface area contributed by atoms with Crippen molar-refractivity contribution in [1.82, 2.24) is 30.3 Å². The summed E-state index contributed by atoms with van der Waals surface area (Å²) >= 11 is 1.63. The molecule has 2 N–H and O–H groups in total. The van der Waals surface area contributed by atoms with Crippen LogP contribution in [0.25, 0.3) is 11.2 Å². The van der Waals surface area contributed by atoms with Crippen LogP contribution >= 0.6 is 11.8 Å². The summed E-state index contributed by atoms with van der Waals surface area (Å²) in [5, 5.41) is 16.5. The molecule has 1 aliphatic heterocycles. The quantitative estimate of drug-likeness (QED) is 0.297. The highest BCUT2D eigenvalue weighted by Crippen LogP contribution is 2.48. The first-order valence-corrected chi connectivity index (χ1v) is 15.0. The zero-order chi connectivity index (χ0) is 27.3. The standard InChI is InChI=1S/C28H37N7O3S/c1-6-12-39-27-31-24(30-19-13-17(19)16-10-8-7-9-11-16)21-25(32-27)35(34-33-21)20-14-18(26(36)29-15(2)3)22-23(20)38-28(4,5)37-22/h7-11,15,17-20,22-23H,6,12-14H2,1-5H3,(H,29,36)(H,30,31,32). The molecule has 39 heavy (non-hydrogen) atoms. The highest BCUT2D eigenvalue weighted by atomic mass is 32.2. The summed E-state index contributed by atoms with van der Waals surface area (Å²) in [5.41, 5.74) is 2.62. The van der Waals surface area contributed by atoms with Gasteiger partial charge in [0.2, 0.25) is 5.91 Å². The number of nitrogens with one attached hydrogen (secondary N) is 2. The lowest BCUT2D eigenvalue weighted by Gasteiger charge is -2.23. The first kappa shape index (κ1) is 26.5. The second-order valence-corrected chi connectivity index (χ2v) is 12.6. The minimum Gasteiger partial charge on any atom is -0.365 e. The monoisotopic (exact) mass is 551 g/mol. The lowest BCUT2D eigenvalue weighted by Crippen LogP contribution is -2.40. The van der Waals surface area contributed by atoms with Gasteiger partial charge in [0.25, 0.3) is 0 Å². The number of rotatable bonds is 9. The van der Waals surface area contributed by atoms with Gasteiger partial charge in [0.1, 0.15) is 12.2 Å². The zero-order valence-corrected chi connectivity index (χ0v) is 23.9. The van der Waals surface area contributed by atoms with Gasteiger partial charge in [0.15, 0.2) is 27.9 Å². The number of nitrogens with zero attached hydrogens (tertiary/aromatic N) is 5. The van der Waals surface area contributed by atoms with E-state index in [0.717, 1.165) is 18.6 Å². The van der Waals surface area contributed by atoms with Crippen LogP contribution in [0.4, 0.5) is 5.82 Å². The summed E-state index contributed by atoms with van der Waals surface area (Å²) < 4.78 is 14.4. The highest BCUT2D eigenvalue weighted by Gasteiger charge is 2.57. The number of hydrogen-bond acceptors (Lipinski definition) is 9. The van der Waals surface area contributed by atoms with Crippen LogP contribution in [0.1, 0.15) is 71.4 Å². The Hall–Kier alpha value is -2.76. The largest absolute Gasteiger partial charge is 0.365 e. The van der Waals surface area contributed by atoms with E-state index in [0.29, 0.717) is 34.5 Å². The molecular weight excluding hydrogens is 514 g/mol. The van der Waals surface area contributed by atoms with E-state index in [1.54, 1.807) is 11.8 Å². The predicted molar refractivity (Wildman–Crippen MR) is 150 cm³/mol. The van der Waals surface area contributed by atoms with Crippen molar-refractivity contribution in [2.24, 2.45) is 5.92 Å². The third-order valence-corrected chi connectivity index (χ3v) is 8.65. The number of thioether (sulfide) groups is 1. The van der Waals surface area contributed by atoms with Crippen molar-refractivity contribution in [1.29, 1.82) is 0 Å². The van der Waals surface area contributed by atoms with Gasteiger partial charge < -0.3 is 20.1 Å². The van der Waals surface area contributed by atoms with E-state index in [1.807, 2.05) is 38.4 Å². The Labute approximate surface area is 233 Å². The summed E-state index contributed by atoms with van der Waals surface area (Å²) in [6, 6.07) is 10.6. The summed E-state index contributed by atoms with van der Waals surface area (Å²) in [4.78, 5) is 22.9. The van der Waals surface area contributed by atoms with Crippen LogP contribution in [-0.2, 0) is 14.3 Å². The van der Waals surface area contributed by atoms with Crippen molar-refractivity contribution in [2.75, 3.05) is 11.1 Å². The average molecular weight is 552 g/mol. The third-order valence-electron chi connectivity index (χ3n) is 7.60. The van der Waals surface area contributed by atoms with Gasteiger partial charge in [0.05, 0.1) is 12.0 Å². The summed E-state index contributed by atoms with van der Waals surface area (Å²) in [6.45, 7) is 9.85. The molecular formula is C28H37N7O3S. The number of aromatic nitrogens is 5. The molecule has 2 aliphatic carbocycles. The van der Waals surface area contributed by atoms with Crippen molar-refractivity contribution >= 4 is 34.7 Å². The minimum atomic E-state index is -0.789. The molecule has 1 amide bonds. The number of ether oxygens (including phenoxy) is 2. The number of carbonyl (C=O) groups is 1. The molecule has 3 fully saturated rings. The van der Waals surface area contributed by atoms with Crippen molar-refractivity contribution in [3.8, 4) is 0 Å². The van der Waals surface area contributed by atoms with Crippen LogP contribution in [0.2, 0.25) is 0 Å². The minimum absolute atomic E-state index is 0.0231. The van der Waals surface area contributed by atoms with Crippen molar-refractivity contribution in [3.05, 3.63) is 35.9 Å². The molecule has 0 bridgehead atoms. The summed E-state index contributed by atoms with van der Waals surface area (Å²) in [6.07, 6.45) is 1.89. The van der Waals surface area contributed by atoms with Crippen LogP contribution in [0, 0.1) is 5.92 Å². The van der Waals surface area contributed by atoms with E-state index in [4.69, 9.17) is 19.4 Å². The highest BCUT2D eigenvalue weighted by molar-refractivity contribution is 7.99. The maximum Gasteiger partial charge on any atom is 0.226 e. The van der Waals surface area contributed by atoms with Crippen LogP contribution in [-0.4, -0.2) is 66.7 Å². The molecule has 3 aliphatic rings. The Morgan fingerprint density at radius 1 is 1.15 bits per heavy atom. The zero-order valence-electron chi connectivity index (χ0n) is 23.1. The Morgan fingerprint density at radius 2 is 1.92 bits per heavy atom.